The zero-order valence-corrected chi connectivity index (χ0v) is 19.0. The lowest BCUT2D eigenvalue weighted by Crippen LogP contribution is -2.54. The van der Waals surface area contributed by atoms with Crippen LogP contribution in [-0.4, -0.2) is 72.2 Å². The number of hydrogen-bond acceptors (Lipinski definition) is 5. The summed E-state index contributed by atoms with van der Waals surface area (Å²) in [4.78, 5) is 24.9. The summed E-state index contributed by atoms with van der Waals surface area (Å²) >= 11 is 12.2. The Balaban J connectivity index is 2.51. The highest BCUT2D eigenvalue weighted by Crippen LogP contribution is 2.40. The molecule has 1 aliphatic heterocycles. The average Bonchev–Trinajstić information content (AvgIpc) is 2.80. The average molecular weight is 463 g/mol. The van der Waals surface area contributed by atoms with Crippen molar-refractivity contribution in [1.82, 2.24) is 10.2 Å². The molecule has 1 saturated heterocycles. The van der Waals surface area contributed by atoms with Crippen LogP contribution in [0.2, 0.25) is 10.0 Å². The largest absolute Gasteiger partial charge is 0.465 e. The standard InChI is InChI=1S/C20H28Cl2N2O6/c1-19(2,3)15-8-24(18(26)27)11-20(28,10-23-16(25)9-29-4)17(30-15)12-5-6-13(21)14(22)7-12/h5-7,15,17,28H,8-11H2,1-4H3,(H,23,25)(H,26,27). The third-order valence-electron chi connectivity index (χ3n) is 4.99. The number of benzene rings is 1. The molecule has 0 saturated carbocycles. The number of carboxylic acid groups (broad SMARTS) is 1. The van der Waals surface area contributed by atoms with E-state index in [1.807, 2.05) is 20.8 Å². The maximum Gasteiger partial charge on any atom is 0.407 e. The normalized spacial score (nSPS) is 25.0. The third-order valence-corrected chi connectivity index (χ3v) is 5.73. The molecule has 0 aromatic heterocycles. The first-order valence-electron chi connectivity index (χ1n) is 9.43. The molecule has 0 bridgehead atoms. The fraction of sp³-hybridized carbons (Fsp3) is 0.600. The zero-order chi connectivity index (χ0) is 22.7. The van der Waals surface area contributed by atoms with Crippen LogP contribution in [-0.2, 0) is 14.3 Å². The van der Waals surface area contributed by atoms with Gasteiger partial charge in [-0.3, -0.25) is 4.79 Å². The predicted molar refractivity (Wildman–Crippen MR) is 113 cm³/mol. The van der Waals surface area contributed by atoms with Gasteiger partial charge < -0.3 is 29.9 Å². The smallest absolute Gasteiger partial charge is 0.407 e. The van der Waals surface area contributed by atoms with E-state index >= 15 is 0 Å². The van der Waals surface area contributed by atoms with E-state index in [2.05, 4.69) is 5.32 Å². The van der Waals surface area contributed by atoms with E-state index < -0.39 is 35.2 Å². The minimum Gasteiger partial charge on any atom is -0.465 e. The highest BCUT2D eigenvalue weighted by Gasteiger charge is 2.48. The van der Waals surface area contributed by atoms with Crippen molar-refractivity contribution in [2.75, 3.05) is 33.4 Å². The maximum absolute atomic E-state index is 11.9. The van der Waals surface area contributed by atoms with Crippen LogP contribution in [0.1, 0.15) is 32.4 Å². The summed E-state index contributed by atoms with van der Waals surface area (Å²) in [7, 11) is 1.38. The van der Waals surface area contributed by atoms with E-state index in [1.54, 1.807) is 18.2 Å². The molecule has 1 fully saturated rings. The van der Waals surface area contributed by atoms with E-state index in [1.165, 1.54) is 7.11 Å². The second-order valence-corrected chi connectivity index (χ2v) is 9.34. The summed E-state index contributed by atoms with van der Waals surface area (Å²) in [6, 6.07) is 4.82. The summed E-state index contributed by atoms with van der Waals surface area (Å²) < 4.78 is 11.1. The molecule has 0 radical (unpaired) electrons. The summed E-state index contributed by atoms with van der Waals surface area (Å²) in [5, 5.41) is 24.5. The number of ether oxygens (including phenoxy) is 2. The highest BCUT2D eigenvalue weighted by atomic mass is 35.5. The molecule has 2 amide bonds. The van der Waals surface area contributed by atoms with Gasteiger partial charge in [0, 0.05) is 7.11 Å². The summed E-state index contributed by atoms with van der Waals surface area (Å²) in [5.74, 6) is -0.447. The van der Waals surface area contributed by atoms with Crippen LogP contribution in [0, 0.1) is 5.41 Å². The molecular formula is C20H28Cl2N2O6. The molecule has 8 nitrogen and oxygen atoms in total. The zero-order valence-electron chi connectivity index (χ0n) is 17.4. The van der Waals surface area contributed by atoms with Crippen LogP contribution in [0.5, 0.6) is 0 Å². The number of nitrogens with one attached hydrogen (secondary N) is 1. The SMILES string of the molecule is COCC(=O)NCC1(O)CN(C(=O)O)CC(C(C)(C)C)OC1c1ccc(Cl)c(Cl)c1. The Labute approximate surface area is 186 Å². The summed E-state index contributed by atoms with van der Waals surface area (Å²) in [6.07, 6.45) is -2.69. The Morgan fingerprint density at radius 2 is 2.00 bits per heavy atom. The van der Waals surface area contributed by atoms with Crippen LogP contribution < -0.4 is 5.32 Å². The predicted octanol–water partition coefficient (Wildman–Crippen LogP) is 2.95. The van der Waals surface area contributed by atoms with E-state index in [0.717, 1.165) is 4.90 Å². The van der Waals surface area contributed by atoms with Crippen LogP contribution in [0.3, 0.4) is 0 Å². The van der Waals surface area contributed by atoms with Crippen molar-refractivity contribution in [3.63, 3.8) is 0 Å². The van der Waals surface area contributed by atoms with Crippen molar-refractivity contribution in [3.05, 3.63) is 33.8 Å². The summed E-state index contributed by atoms with van der Waals surface area (Å²) in [5.41, 5.74) is -1.67. The molecule has 3 atom stereocenters. The van der Waals surface area contributed by atoms with E-state index in [-0.39, 0.29) is 31.3 Å². The second-order valence-electron chi connectivity index (χ2n) is 8.52. The lowest BCUT2D eigenvalue weighted by Gasteiger charge is -2.38. The van der Waals surface area contributed by atoms with Crippen molar-refractivity contribution in [2.45, 2.75) is 38.6 Å². The van der Waals surface area contributed by atoms with Gasteiger partial charge in [-0.2, -0.15) is 0 Å². The molecule has 2 rings (SSSR count). The van der Waals surface area contributed by atoms with Crippen LogP contribution >= 0.6 is 23.2 Å². The number of β-amino-alcohol motifs (C(OH)–C–C–N with tert-alkyl or cyclic N) is 1. The minimum absolute atomic E-state index is 0.0605. The van der Waals surface area contributed by atoms with Crippen molar-refractivity contribution >= 4 is 35.2 Å². The van der Waals surface area contributed by atoms with Crippen LogP contribution in [0.4, 0.5) is 4.79 Å². The Morgan fingerprint density at radius 1 is 1.33 bits per heavy atom. The number of carbonyl (C=O) groups is 2. The number of nitrogens with zero attached hydrogens (tertiary/aromatic N) is 1. The molecule has 1 aromatic rings. The van der Waals surface area contributed by atoms with Gasteiger partial charge in [-0.05, 0) is 23.1 Å². The molecule has 1 heterocycles. The number of halogens is 2. The van der Waals surface area contributed by atoms with Gasteiger partial charge in [-0.25, -0.2) is 4.79 Å². The highest BCUT2D eigenvalue weighted by molar-refractivity contribution is 6.42. The number of amides is 2. The molecule has 1 aromatic carbocycles. The molecule has 0 aliphatic carbocycles. The molecular weight excluding hydrogens is 435 g/mol. The number of aliphatic hydroxyl groups is 1. The molecule has 10 heteroatoms. The first-order chi connectivity index (χ1) is 13.9. The quantitative estimate of drug-likeness (QED) is 0.620. The monoisotopic (exact) mass is 462 g/mol. The molecule has 3 N–H and O–H groups in total. The van der Waals surface area contributed by atoms with Gasteiger partial charge in [0.1, 0.15) is 18.3 Å². The lowest BCUT2D eigenvalue weighted by atomic mass is 9.88. The Bertz CT molecular complexity index is 785. The van der Waals surface area contributed by atoms with Crippen LogP contribution in [0.15, 0.2) is 18.2 Å². The van der Waals surface area contributed by atoms with Crippen molar-refractivity contribution in [1.29, 1.82) is 0 Å². The molecule has 30 heavy (non-hydrogen) atoms. The molecule has 168 valence electrons. The van der Waals surface area contributed by atoms with Crippen LogP contribution in [0.25, 0.3) is 0 Å². The van der Waals surface area contributed by atoms with Gasteiger partial charge in [0.25, 0.3) is 0 Å². The van der Waals surface area contributed by atoms with Gasteiger partial charge in [0.15, 0.2) is 0 Å². The third kappa shape index (κ3) is 5.98. The van der Waals surface area contributed by atoms with Gasteiger partial charge >= 0.3 is 6.09 Å². The van der Waals surface area contributed by atoms with Gasteiger partial charge in [0.05, 0.1) is 35.8 Å². The first-order valence-corrected chi connectivity index (χ1v) is 10.2. The van der Waals surface area contributed by atoms with Crippen molar-refractivity contribution < 1.29 is 29.3 Å². The fourth-order valence-corrected chi connectivity index (χ4v) is 3.59. The fourth-order valence-electron chi connectivity index (χ4n) is 3.28. The number of carbonyl (C=O) groups excluding carboxylic acids is 1. The lowest BCUT2D eigenvalue weighted by molar-refractivity contribution is -0.144. The molecule has 3 unspecified atom stereocenters. The summed E-state index contributed by atoms with van der Waals surface area (Å²) in [6.45, 7) is 5.12. The van der Waals surface area contributed by atoms with E-state index in [4.69, 9.17) is 32.7 Å². The number of methoxy groups -OCH3 is 1. The second kappa shape index (κ2) is 9.70. The number of rotatable bonds is 5. The van der Waals surface area contributed by atoms with Crippen molar-refractivity contribution in [2.24, 2.45) is 5.41 Å². The Kier molecular flexibility index (Phi) is 7.98. The first kappa shape index (κ1) is 24.7. The molecule has 0 spiro atoms. The van der Waals surface area contributed by atoms with E-state index in [0.29, 0.717) is 10.6 Å². The van der Waals surface area contributed by atoms with Gasteiger partial charge in [0.2, 0.25) is 5.91 Å². The molecule has 1 aliphatic rings. The number of hydrogen-bond donors (Lipinski definition) is 3. The Morgan fingerprint density at radius 3 is 2.53 bits per heavy atom. The topological polar surface area (TPSA) is 108 Å². The van der Waals surface area contributed by atoms with Gasteiger partial charge in [-0.15, -0.1) is 0 Å². The minimum atomic E-state index is -1.76. The Hall–Kier alpha value is -1.58. The van der Waals surface area contributed by atoms with E-state index in [9.17, 15) is 19.8 Å². The van der Waals surface area contributed by atoms with Gasteiger partial charge in [-0.1, -0.05) is 50.0 Å². The maximum atomic E-state index is 11.9. The van der Waals surface area contributed by atoms with Crippen molar-refractivity contribution in [3.8, 4) is 0 Å².